The molecule has 1 heterocycles. The molecule has 1 aliphatic rings. The third-order valence-corrected chi connectivity index (χ3v) is 2.15. The molecular weight excluding hydrogens is 156 g/mol. The van der Waals surface area contributed by atoms with Gasteiger partial charge >= 0.3 is 0 Å². The summed E-state index contributed by atoms with van der Waals surface area (Å²) in [4.78, 5) is 11.2. The second-order valence-electron chi connectivity index (χ2n) is 3.23. The van der Waals surface area contributed by atoms with E-state index < -0.39 is 11.9 Å². The molecule has 0 saturated heterocycles. The van der Waals surface area contributed by atoms with Crippen molar-refractivity contribution in [1.29, 1.82) is 0 Å². The van der Waals surface area contributed by atoms with E-state index in [0.717, 1.165) is 0 Å². The first-order valence-electron chi connectivity index (χ1n) is 4.10. The molecule has 0 radical (unpaired) electrons. The van der Waals surface area contributed by atoms with Crippen LogP contribution < -0.4 is 0 Å². The average molecular weight is 170 g/mol. The molecule has 0 saturated carbocycles. The highest BCUT2D eigenvalue weighted by atomic mass is 16.6. The van der Waals surface area contributed by atoms with Crippen LogP contribution in [0.5, 0.6) is 0 Å². The molecule has 68 valence electrons. The molecule has 2 atom stereocenters. The summed E-state index contributed by atoms with van der Waals surface area (Å²) >= 11 is 0. The molecule has 1 N–H and O–H groups in total. The van der Waals surface area contributed by atoms with E-state index in [0.29, 0.717) is 12.0 Å². The van der Waals surface area contributed by atoms with Crippen LogP contribution in [0.25, 0.3) is 0 Å². The molecule has 3 heteroatoms. The minimum absolute atomic E-state index is 0.0541. The van der Waals surface area contributed by atoms with Crippen molar-refractivity contribution in [3.8, 4) is 0 Å². The second kappa shape index (κ2) is 2.99. The lowest BCUT2D eigenvalue weighted by atomic mass is 10.0. The lowest BCUT2D eigenvalue weighted by molar-refractivity contribution is -0.199. The summed E-state index contributed by atoms with van der Waals surface area (Å²) in [5.74, 6) is -1.32. The van der Waals surface area contributed by atoms with Crippen LogP contribution in [-0.2, 0) is 9.53 Å². The quantitative estimate of drug-likeness (QED) is 0.639. The van der Waals surface area contributed by atoms with Crippen LogP contribution in [0.15, 0.2) is 11.6 Å². The van der Waals surface area contributed by atoms with Gasteiger partial charge in [-0.05, 0) is 31.9 Å². The van der Waals surface area contributed by atoms with Gasteiger partial charge in [0.1, 0.15) is 6.10 Å². The molecule has 3 nitrogen and oxygen atoms in total. The molecule has 0 aromatic heterocycles. The Morgan fingerprint density at radius 2 is 2.33 bits per heavy atom. The standard InChI is InChI=1S/C9H14O3/c1-4-8-7(10)5-6(2)9(3,11)12-8/h5,8,11H,4H2,1-3H3/t8-,9?/m0/s1. The SMILES string of the molecule is CC[C@@H]1OC(C)(O)C(C)=CC1=O. The van der Waals surface area contributed by atoms with Crippen molar-refractivity contribution in [2.75, 3.05) is 0 Å². The molecular formula is C9H14O3. The van der Waals surface area contributed by atoms with E-state index >= 15 is 0 Å². The van der Waals surface area contributed by atoms with E-state index in [2.05, 4.69) is 0 Å². The highest BCUT2D eigenvalue weighted by Gasteiger charge is 2.34. The van der Waals surface area contributed by atoms with Gasteiger partial charge in [0.25, 0.3) is 0 Å². The molecule has 12 heavy (non-hydrogen) atoms. The van der Waals surface area contributed by atoms with Gasteiger partial charge in [-0.15, -0.1) is 0 Å². The Bertz CT molecular complexity index is 228. The number of carbonyl (C=O) groups excluding carboxylic acids is 1. The summed E-state index contributed by atoms with van der Waals surface area (Å²) in [6, 6.07) is 0. The number of ketones is 1. The summed E-state index contributed by atoms with van der Waals surface area (Å²) in [6.45, 7) is 5.09. The monoisotopic (exact) mass is 170 g/mol. The molecule has 0 aromatic carbocycles. The zero-order valence-corrected chi connectivity index (χ0v) is 7.63. The zero-order chi connectivity index (χ0) is 9.35. The largest absolute Gasteiger partial charge is 0.362 e. The Morgan fingerprint density at radius 1 is 1.75 bits per heavy atom. The summed E-state index contributed by atoms with van der Waals surface area (Å²) in [5.41, 5.74) is 0.567. The van der Waals surface area contributed by atoms with E-state index in [9.17, 15) is 9.90 Å². The van der Waals surface area contributed by atoms with E-state index in [1.54, 1.807) is 13.8 Å². The fourth-order valence-electron chi connectivity index (χ4n) is 1.15. The average Bonchev–Trinajstić information content (AvgIpc) is 1.97. The highest BCUT2D eigenvalue weighted by molar-refractivity contribution is 5.95. The number of aliphatic hydroxyl groups is 1. The van der Waals surface area contributed by atoms with Gasteiger partial charge in [-0.1, -0.05) is 6.92 Å². The normalized spacial score (nSPS) is 36.5. The molecule has 0 spiro atoms. The van der Waals surface area contributed by atoms with E-state index in [1.165, 1.54) is 6.08 Å². The minimum Gasteiger partial charge on any atom is -0.362 e. The number of ether oxygens (including phenoxy) is 1. The Kier molecular flexibility index (Phi) is 2.35. The van der Waals surface area contributed by atoms with Crippen molar-refractivity contribution < 1.29 is 14.6 Å². The van der Waals surface area contributed by atoms with Crippen LogP contribution in [0, 0.1) is 0 Å². The van der Waals surface area contributed by atoms with Gasteiger partial charge < -0.3 is 9.84 Å². The van der Waals surface area contributed by atoms with Crippen molar-refractivity contribution in [3.63, 3.8) is 0 Å². The minimum atomic E-state index is -1.27. The smallest absolute Gasteiger partial charge is 0.186 e. The van der Waals surface area contributed by atoms with Crippen LogP contribution in [0.3, 0.4) is 0 Å². The van der Waals surface area contributed by atoms with Gasteiger partial charge in [-0.25, -0.2) is 0 Å². The molecule has 0 fully saturated rings. The fraction of sp³-hybridized carbons (Fsp3) is 0.667. The maximum absolute atomic E-state index is 11.2. The zero-order valence-electron chi connectivity index (χ0n) is 7.63. The maximum atomic E-state index is 11.2. The topological polar surface area (TPSA) is 46.5 Å². The van der Waals surface area contributed by atoms with Gasteiger partial charge in [0.15, 0.2) is 11.6 Å². The summed E-state index contributed by atoms with van der Waals surface area (Å²) in [7, 11) is 0. The molecule has 0 aromatic rings. The lowest BCUT2D eigenvalue weighted by Gasteiger charge is -2.32. The molecule has 1 unspecified atom stereocenters. The summed E-state index contributed by atoms with van der Waals surface area (Å²) in [5, 5.41) is 9.62. The van der Waals surface area contributed by atoms with Gasteiger partial charge in [0, 0.05) is 0 Å². The van der Waals surface area contributed by atoms with Crippen molar-refractivity contribution >= 4 is 5.78 Å². The number of hydrogen-bond donors (Lipinski definition) is 1. The molecule has 0 amide bonds. The van der Waals surface area contributed by atoms with Crippen LogP contribution in [0.1, 0.15) is 27.2 Å². The van der Waals surface area contributed by atoms with E-state index in [-0.39, 0.29) is 5.78 Å². The Hall–Kier alpha value is -0.670. The summed E-state index contributed by atoms with van der Waals surface area (Å²) in [6.07, 6.45) is 1.57. The van der Waals surface area contributed by atoms with Crippen LogP contribution in [0.2, 0.25) is 0 Å². The van der Waals surface area contributed by atoms with Crippen molar-refractivity contribution in [3.05, 3.63) is 11.6 Å². The Morgan fingerprint density at radius 3 is 2.83 bits per heavy atom. The number of carbonyl (C=O) groups is 1. The first-order chi connectivity index (χ1) is 5.47. The predicted octanol–water partition coefficient (Wildman–Crippen LogP) is 1.02. The Labute approximate surface area is 72.0 Å². The van der Waals surface area contributed by atoms with Gasteiger partial charge in [0.05, 0.1) is 0 Å². The third kappa shape index (κ3) is 1.57. The van der Waals surface area contributed by atoms with Crippen molar-refractivity contribution in [2.45, 2.75) is 39.1 Å². The highest BCUT2D eigenvalue weighted by Crippen LogP contribution is 2.25. The van der Waals surface area contributed by atoms with Gasteiger partial charge in [-0.3, -0.25) is 4.79 Å². The molecule has 1 aliphatic heterocycles. The first-order valence-corrected chi connectivity index (χ1v) is 4.10. The van der Waals surface area contributed by atoms with E-state index in [4.69, 9.17) is 4.74 Å². The van der Waals surface area contributed by atoms with Gasteiger partial charge in [0.2, 0.25) is 0 Å². The summed E-state index contributed by atoms with van der Waals surface area (Å²) < 4.78 is 5.19. The van der Waals surface area contributed by atoms with Crippen LogP contribution >= 0.6 is 0 Å². The fourth-order valence-corrected chi connectivity index (χ4v) is 1.15. The van der Waals surface area contributed by atoms with Crippen molar-refractivity contribution in [2.24, 2.45) is 0 Å². The third-order valence-electron chi connectivity index (χ3n) is 2.15. The van der Waals surface area contributed by atoms with Gasteiger partial charge in [-0.2, -0.15) is 0 Å². The van der Waals surface area contributed by atoms with Crippen LogP contribution in [0.4, 0.5) is 0 Å². The van der Waals surface area contributed by atoms with E-state index in [1.807, 2.05) is 6.92 Å². The predicted molar refractivity (Wildman–Crippen MR) is 44.6 cm³/mol. The Balaban J connectivity index is 2.90. The second-order valence-corrected chi connectivity index (χ2v) is 3.23. The first kappa shape index (κ1) is 9.42. The molecule has 1 rings (SSSR count). The molecule has 0 bridgehead atoms. The van der Waals surface area contributed by atoms with Crippen LogP contribution in [-0.4, -0.2) is 22.8 Å². The number of rotatable bonds is 1. The molecule has 0 aliphatic carbocycles. The lowest BCUT2D eigenvalue weighted by Crippen LogP contribution is -2.42. The van der Waals surface area contributed by atoms with Crippen molar-refractivity contribution in [1.82, 2.24) is 0 Å². The maximum Gasteiger partial charge on any atom is 0.186 e. The number of hydrogen-bond acceptors (Lipinski definition) is 3.